The molecule has 0 radical (unpaired) electrons. The Bertz CT molecular complexity index is 541. The molecule has 0 aromatic heterocycles. The standard InChI is InChI=1S/C13H15N3O4/c1-19-13-3-2-11(16(17)18)6-10(13)8-15-4-5-20-12(7-14)9-15/h2-3,6,12H,4-5,8-9H2,1H3. The van der Waals surface area contributed by atoms with Crippen molar-refractivity contribution in [1.29, 1.82) is 5.26 Å². The summed E-state index contributed by atoms with van der Waals surface area (Å²) in [6, 6.07) is 6.59. The third kappa shape index (κ3) is 3.23. The van der Waals surface area contributed by atoms with Gasteiger partial charge in [-0.15, -0.1) is 0 Å². The minimum atomic E-state index is -0.451. The highest BCUT2D eigenvalue weighted by Crippen LogP contribution is 2.25. The maximum Gasteiger partial charge on any atom is 0.270 e. The fourth-order valence-corrected chi connectivity index (χ4v) is 2.17. The summed E-state index contributed by atoms with van der Waals surface area (Å²) in [5.74, 6) is 0.607. The van der Waals surface area contributed by atoms with E-state index in [9.17, 15) is 10.1 Å². The van der Waals surface area contributed by atoms with Gasteiger partial charge < -0.3 is 9.47 Å². The molecule has 7 heteroatoms. The molecule has 1 aromatic carbocycles. The Kier molecular flexibility index (Phi) is 4.50. The molecule has 0 aliphatic carbocycles. The zero-order valence-corrected chi connectivity index (χ0v) is 11.1. The van der Waals surface area contributed by atoms with Crippen molar-refractivity contribution in [3.8, 4) is 11.8 Å². The third-order valence-electron chi connectivity index (χ3n) is 3.16. The number of nitro benzene ring substituents is 1. The number of hydrogen-bond acceptors (Lipinski definition) is 6. The van der Waals surface area contributed by atoms with Gasteiger partial charge in [0.15, 0.2) is 6.10 Å². The van der Waals surface area contributed by atoms with Crippen LogP contribution in [0, 0.1) is 21.4 Å². The lowest BCUT2D eigenvalue weighted by Gasteiger charge is -2.29. The zero-order valence-electron chi connectivity index (χ0n) is 11.1. The fraction of sp³-hybridized carbons (Fsp3) is 0.462. The van der Waals surface area contributed by atoms with E-state index in [0.717, 1.165) is 5.56 Å². The van der Waals surface area contributed by atoms with E-state index in [-0.39, 0.29) is 5.69 Å². The van der Waals surface area contributed by atoms with Gasteiger partial charge in [0.05, 0.1) is 24.7 Å². The Balaban J connectivity index is 2.17. The normalized spacial score (nSPS) is 19.3. The largest absolute Gasteiger partial charge is 0.496 e. The zero-order chi connectivity index (χ0) is 14.5. The molecule has 1 heterocycles. The van der Waals surface area contributed by atoms with E-state index in [2.05, 4.69) is 6.07 Å². The Labute approximate surface area is 116 Å². The summed E-state index contributed by atoms with van der Waals surface area (Å²) in [4.78, 5) is 12.4. The summed E-state index contributed by atoms with van der Waals surface area (Å²) in [5, 5.41) is 19.7. The Morgan fingerprint density at radius 1 is 1.65 bits per heavy atom. The second-order valence-electron chi connectivity index (χ2n) is 4.48. The van der Waals surface area contributed by atoms with Gasteiger partial charge in [-0.25, -0.2) is 0 Å². The molecule has 7 nitrogen and oxygen atoms in total. The molecule has 2 rings (SSSR count). The van der Waals surface area contributed by atoms with Gasteiger partial charge in [-0.05, 0) is 6.07 Å². The van der Waals surface area contributed by atoms with Crippen LogP contribution < -0.4 is 4.74 Å². The van der Waals surface area contributed by atoms with Crippen LogP contribution in [0.4, 0.5) is 5.69 Å². The van der Waals surface area contributed by atoms with Crippen LogP contribution in [-0.2, 0) is 11.3 Å². The number of benzene rings is 1. The molecule has 0 spiro atoms. The van der Waals surface area contributed by atoms with Gasteiger partial charge in [-0.2, -0.15) is 5.26 Å². The lowest BCUT2D eigenvalue weighted by Crippen LogP contribution is -2.41. The minimum Gasteiger partial charge on any atom is -0.496 e. The van der Waals surface area contributed by atoms with Crippen LogP contribution in [0.25, 0.3) is 0 Å². The molecule has 1 aliphatic heterocycles. The molecular weight excluding hydrogens is 262 g/mol. The van der Waals surface area contributed by atoms with Crippen molar-refractivity contribution in [1.82, 2.24) is 4.90 Å². The summed E-state index contributed by atoms with van der Waals surface area (Å²) in [6.45, 7) is 2.15. The molecular formula is C13H15N3O4. The number of nitrogens with zero attached hydrogens (tertiary/aromatic N) is 3. The van der Waals surface area contributed by atoms with Crippen molar-refractivity contribution in [2.24, 2.45) is 0 Å². The molecule has 1 unspecified atom stereocenters. The average Bonchev–Trinajstić information content (AvgIpc) is 2.47. The average molecular weight is 277 g/mol. The van der Waals surface area contributed by atoms with Crippen molar-refractivity contribution in [2.45, 2.75) is 12.6 Å². The molecule has 1 aromatic rings. The van der Waals surface area contributed by atoms with Crippen LogP contribution >= 0.6 is 0 Å². The van der Waals surface area contributed by atoms with Crippen LogP contribution in [0.1, 0.15) is 5.56 Å². The highest BCUT2D eigenvalue weighted by molar-refractivity contribution is 5.43. The van der Waals surface area contributed by atoms with Crippen LogP contribution in [-0.4, -0.2) is 42.7 Å². The first-order valence-electron chi connectivity index (χ1n) is 6.19. The van der Waals surface area contributed by atoms with Crippen molar-refractivity contribution >= 4 is 5.69 Å². The first-order chi connectivity index (χ1) is 9.63. The molecule has 1 aliphatic rings. The Hall–Kier alpha value is -2.17. The van der Waals surface area contributed by atoms with Crippen molar-refractivity contribution in [3.63, 3.8) is 0 Å². The molecule has 1 saturated heterocycles. The van der Waals surface area contributed by atoms with E-state index in [1.807, 2.05) is 4.90 Å². The van der Waals surface area contributed by atoms with Crippen LogP contribution in [0.2, 0.25) is 0 Å². The highest BCUT2D eigenvalue weighted by Gasteiger charge is 2.22. The molecule has 0 N–H and O–H groups in total. The molecule has 1 fully saturated rings. The van der Waals surface area contributed by atoms with Gasteiger partial charge in [0.25, 0.3) is 5.69 Å². The van der Waals surface area contributed by atoms with E-state index in [0.29, 0.717) is 32.0 Å². The number of hydrogen-bond donors (Lipinski definition) is 0. The van der Waals surface area contributed by atoms with Crippen molar-refractivity contribution < 1.29 is 14.4 Å². The summed E-state index contributed by atoms with van der Waals surface area (Å²) < 4.78 is 10.5. The van der Waals surface area contributed by atoms with Crippen LogP contribution in [0.5, 0.6) is 5.75 Å². The van der Waals surface area contributed by atoms with E-state index in [1.165, 1.54) is 19.2 Å². The first-order valence-corrected chi connectivity index (χ1v) is 6.19. The van der Waals surface area contributed by atoms with E-state index in [1.54, 1.807) is 6.07 Å². The Morgan fingerprint density at radius 2 is 2.45 bits per heavy atom. The topological polar surface area (TPSA) is 88.6 Å². The predicted molar refractivity (Wildman–Crippen MR) is 70.3 cm³/mol. The molecule has 1 atom stereocenters. The second kappa shape index (κ2) is 6.32. The molecule has 106 valence electrons. The number of methoxy groups -OCH3 is 1. The highest BCUT2D eigenvalue weighted by atomic mass is 16.6. The van der Waals surface area contributed by atoms with Crippen molar-refractivity contribution in [3.05, 3.63) is 33.9 Å². The quantitative estimate of drug-likeness (QED) is 0.609. The number of morpholine rings is 1. The number of ether oxygens (including phenoxy) is 2. The number of nitro groups is 1. The van der Waals surface area contributed by atoms with E-state index < -0.39 is 11.0 Å². The summed E-state index contributed by atoms with van der Waals surface area (Å²) in [6.07, 6.45) is -0.451. The number of nitriles is 1. The second-order valence-corrected chi connectivity index (χ2v) is 4.48. The van der Waals surface area contributed by atoms with Crippen LogP contribution in [0.3, 0.4) is 0 Å². The van der Waals surface area contributed by atoms with E-state index >= 15 is 0 Å². The maximum absolute atomic E-state index is 10.8. The third-order valence-corrected chi connectivity index (χ3v) is 3.16. The van der Waals surface area contributed by atoms with Gasteiger partial charge in [0, 0.05) is 37.3 Å². The van der Waals surface area contributed by atoms with Gasteiger partial charge in [0.1, 0.15) is 5.75 Å². The summed E-state index contributed by atoms with van der Waals surface area (Å²) in [5.41, 5.74) is 0.770. The Morgan fingerprint density at radius 3 is 3.10 bits per heavy atom. The molecule has 0 amide bonds. The molecule has 0 bridgehead atoms. The maximum atomic E-state index is 10.8. The predicted octanol–water partition coefficient (Wildman–Crippen LogP) is 1.33. The van der Waals surface area contributed by atoms with Crippen molar-refractivity contribution in [2.75, 3.05) is 26.8 Å². The van der Waals surface area contributed by atoms with Gasteiger partial charge in [0.2, 0.25) is 0 Å². The number of rotatable bonds is 4. The minimum absolute atomic E-state index is 0.0332. The first kappa shape index (κ1) is 14.2. The fourth-order valence-electron chi connectivity index (χ4n) is 2.17. The SMILES string of the molecule is COc1ccc([N+](=O)[O-])cc1CN1CCOC(C#N)C1. The summed E-state index contributed by atoms with van der Waals surface area (Å²) in [7, 11) is 1.53. The summed E-state index contributed by atoms with van der Waals surface area (Å²) >= 11 is 0. The van der Waals surface area contributed by atoms with E-state index in [4.69, 9.17) is 14.7 Å². The molecule has 0 saturated carbocycles. The monoisotopic (exact) mass is 277 g/mol. The number of non-ortho nitro benzene ring substituents is 1. The molecule has 20 heavy (non-hydrogen) atoms. The lowest BCUT2D eigenvalue weighted by molar-refractivity contribution is -0.385. The van der Waals surface area contributed by atoms with Gasteiger partial charge >= 0.3 is 0 Å². The van der Waals surface area contributed by atoms with Gasteiger partial charge in [-0.3, -0.25) is 15.0 Å². The van der Waals surface area contributed by atoms with Crippen LogP contribution in [0.15, 0.2) is 18.2 Å². The van der Waals surface area contributed by atoms with Gasteiger partial charge in [-0.1, -0.05) is 0 Å². The smallest absolute Gasteiger partial charge is 0.270 e. The lowest BCUT2D eigenvalue weighted by atomic mass is 10.1.